The van der Waals surface area contributed by atoms with Gasteiger partial charge in [-0.25, -0.2) is 18.4 Å². The van der Waals surface area contributed by atoms with Gasteiger partial charge in [0.1, 0.15) is 5.82 Å². The zero-order valence-electron chi connectivity index (χ0n) is 22.4. The Bertz CT molecular complexity index is 1650. The van der Waals surface area contributed by atoms with Crippen LogP contribution in [-0.4, -0.2) is 60.8 Å². The predicted octanol–water partition coefficient (Wildman–Crippen LogP) is 3.95. The second-order valence-electron chi connectivity index (χ2n) is 10.1. The van der Waals surface area contributed by atoms with Crippen molar-refractivity contribution in [1.29, 1.82) is 0 Å². The van der Waals surface area contributed by atoms with Gasteiger partial charge in [-0.05, 0) is 74.9 Å². The molecule has 5 rings (SSSR count). The third-order valence-electron chi connectivity index (χ3n) is 6.54. The van der Waals surface area contributed by atoms with Gasteiger partial charge in [0.2, 0.25) is 0 Å². The fraction of sp³-hybridized carbons (Fsp3) is 0.310. The number of pyridine rings is 3. The predicted molar refractivity (Wildman–Crippen MR) is 150 cm³/mol. The number of aromatic nitrogens is 3. The van der Waals surface area contributed by atoms with Crippen LogP contribution in [0.3, 0.4) is 0 Å². The molecule has 202 valence electrons. The van der Waals surface area contributed by atoms with Gasteiger partial charge in [-0.15, -0.1) is 0 Å². The van der Waals surface area contributed by atoms with Crippen molar-refractivity contribution < 1.29 is 17.9 Å². The molecule has 1 aromatic carbocycles. The zero-order chi connectivity index (χ0) is 27.7. The molecule has 0 spiro atoms. The van der Waals surface area contributed by atoms with Gasteiger partial charge < -0.3 is 15.0 Å². The summed E-state index contributed by atoms with van der Waals surface area (Å²) in [6, 6.07) is 16.3. The largest absolute Gasteiger partial charge is 0.372 e. The van der Waals surface area contributed by atoms with E-state index in [1.807, 2.05) is 36.4 Å². The van der Waals surface area contributed by atoms with E-state index >= 15 is 0 Å². The molecule has 1 saturated heterocycles. The lowest BCUT2D eigenvalue weighted by Crippen LogP contribution is -2.45. The first-order valence-corrected chi connectivity index (χ1v) is 14.7. The number of anilines is 1. The molecule has 0 saturated carbocycles. The molecule has 39 heavy (non-hydrogen) atoms. The smallest absolute Gasteiger partial charge is 0.251 e. The van der Waals surface area contributed by atoms with Crippen molar-refractivity contribution in [2.24, 2.45) is 0 Å². The molecule has 10 heteroatoms. The Morgan fingerprint density at radius 3 is 2.51 bits per heavy atom. The Kier molecular flexibility index (Phi) is 7.33. The van der Waals surface area contributed by atoms with Crippen LogP contribution in [0.4, 0.5) is 5.82 Å². The van der Waals surface area contributed by atoms with Crippen LogP contribution >= 0.6 is 0 Å². The SMILES string of the molecule is Cc1cc(C(=O)NCc2cc3nc(-c4cccc(N5C[C@@H](C)O[C@@H](C)C5)n4)ccc3cn2)cc(S(C)(=O)=O)c1. The molecule has 2 atom stereocenters. The first kappa shape index (κ1) is 26.7. The monoisotopic (exact) mass is 545 g/mol. The first-order valence-electron chi connectivity index (χ1n) is 12.8. The normalized spacial score (nSPS) is 17.8. The Hall–Kier alpha value is -3.89. The molecule has 4 heterocycles. The number of benzene rings is 1. The summed E-state index contributed by atoms with van der Waals surface area (Å²) in [4.78, 5) is 29.3. The van der Waals surface area contributed by atoms with E-state index < -0.39 is 9.84 Å². The Morgan fingerprint density at radius 1 is 1.03 bits per heavy atom. The van der Waals surface area contributed by atoms with E-state index in [4.69, 9.17) is 14.7 Å². The van der Waals surface area contributed by atoms with Gasteiger partial charge in [0.05, 0.1) is 46.2 Å². The highest BCUT2D eigenvalue weighted by Gasteiger charge is 2.23. The van der Waals surface area contributed by atoms with Crippen LogP contribution in [-0.2, 0) is 21.1 Å². The summed E-state index contributed by atoms with van der Waals surface area (Å²) in [5.74, 6) is 0.518. The van der Waals surface area contributed by atoms with Crippen molar-refractivity contribution in [1.82, 2.24) is 20.3 Å². The molecule has 0 radical (unpaired) electrons. The Morgan fingerprint density at radius 2 is 1.77 bits per heavy atom. The average Bonchev–Trinajstić information content (AvgIpc) is 2.90. The molecule has 4 aromatic rings. The molecule has 1 fully saturated rings. The lowest BCUT2D eigenvalue weighted by atomic mass is 10.1. The van der Waals surface area contributed by atoms with Crippen LogP contribution in [0.25, 0.3) is 22.3 Å². The molecular weight excluding hydrogens is 514 g/mol. The number of nitrogens with zero attached hydrogens (tertiary/aromatic N) is 4. The number of hydrogen-bond donors (Lipinski definition) is 1. The number of rotatable bonds is 6. The number of ether oxygens (including phenoxy) is 1. The van der Waals surface area contributed by atoms with E-state index in [1.165, 1.54) is 6.07 Å². The van der Waals surface area contributed by atoms with Crippen molar-refractivity contribution in [2.75, 3.05) is 24.2 Å². The highest BCUT2D eigenvalue weighted by molar-refractivity contribution is 7.90. The Balaban J connectivity index is 1.35. The fourth-order valence-corrected chi connectivity index (χ4v) is 5.51. The lowest BCUT2D eigenvalue weighted by molar-refractivity contribution is -0.00545. The summed E-state index contributed by atoms with van der Waals surface area (Å²) < 4.78 is 29.8. The highest BCUT2D eigenvalue weighted by atomic mass is 32.2. The molecular formula is C29H31N5O4S. The van der Waals surface area contributed by atoms with Gasteiger partial charge in [0.25, 0.3) is 5.91 Å². The van der Waals surface area contributed by atoms with Crippen LogP contribution in [0, 0.1) is 6.92 Å². The highest BCUT2D eigenvalue weighted by Crippen LogP contribution is 2.24. The Labute approximate surface area is 228 Å². The van der Waals surface area contributed by atoms with Crippen molar-refractivity contribution in [3.05, 3.63) is 77.6 Å². The standard InChI is InChI=1S/C29H31N5O4S/c1-18-10-22(12-24(11-18)39(4,36)37)29(35)31-15-23-13-27-21(14-30-23)8-9-26(32-27)25-6-5-7-28(33-25)34-16-19(2)38-20(3)17-34/h5-14,19-20H,15-17H2,1-4H3,(H,31,35)/t19-,20+. The van der Waals surface area contributed by atoms with Crippen molar-refractivity contribution in [3.63, 3.8) is 0 Å². The minimum atomic E-state index is -3.43. The van der Waals surface area contributed by atoms with Crippen LogP contribution in [0.15, 0.2) is 65.7 Å². The van der Waals surface area contributed by atoms with Crippen LogP contribution < -0.4 is 10.2 Å². The maximum absolute atomic E-state index is 12.8. The van der Waals surface area contributed by atoms with E-state index in [0.29, 0.717) is 11.3 Å². The number of nitrogens with one attached hydrogen (secondary N) is 1. The number of sulfone groups is 1. The van der Waals surface area contributed by atoms with Gasteiger partial charge >= 0.3 is 0 Å². The molecule has 1 aliphatic rings. The third kappa shape index (κ3) is 6.23. The number of carbonyl (C=O) groups excluding carboxylic acids is 1. The topological polar surface area (TPSA) is 114 Å². The van der Waals surface area contributed by atoms with E-state index in [9.17, 15) is 13.2 Å². The molecule has 3 aromatic heterocycles. The van der Waals surface area contributed by atoms with E-state index in [-0.39, 0.29) is 35.1 Å². The lowest BCUT2D eigenvalue weighted by Gasteiger charge is -2.36. The van der Waals surface area contributed by atoms with E-state index in [0.717, 1.165) is 47.5 Å². The van der Waals surface area contributed by atoms with Crippen molar-refractivity contribution >= 4 is 32.5 Å². The summed E-state index contributed by atoms with van der Waals surface area (Å²) in [7, 11) is -3.43. The second kappa shape index (κ2) is 10.7. The number of fused-ring (bicyclic) bond motifs is 1. The van der Waals surface area contributed by atoms with Crippen molar-refractivity contribution in [2.45, 2.75) is 44.4 Å². The quantitative estimate of drug-likeness (QED) is 0.387. The van der Waals surface area contributed by atoms with Crippen molar-refractivity contribution in [3.8, 4) is 11.4 Å². The van der Waals surface area contributed by atoms with Crippen LogP contribution in [0.1, 0.15) is 35.5 Å². The number of hydrogen-bond acceptors (Lipinski definition) is 8. The molecule has 0 bridgehead atoms. The average molecular weight is 546 g/mol. The molecule has 0 unspecified atom stereocenters. The number of aryl methyl sites for hydroxylation is 1. The molecule has 0 aliphatic carbocycles. The summed E-state index contributed by atoms with van der Waals surface area (Å²) in [5, 5.41) is 3.70. The van der Waals surface area contributed by atoms with Gasteiger partial charge in [-0.2, -0.15) is 0 Å². The summed E-state index contributed by atoms with van der Waals surface area (Å²) >= 11 is 0. The molecule has 1 N–H and O–H groups in total. The maximum Gasteiger partial charge on any atom is 0.251 e. The summed E-state index contributed by atoms with van der Waals surface area (Å²) in [5.41, 5.74) is 3.87. The van der Waals surface area contributed by atoms with Gasteiger partial charge in [0.15, 0.2) is 9.84 Å². The maximum atomic E-state index is 12.8. The van der Waals surface area contributed by atoms with E-state index in [1.54, 1.807) is 25.3 Å². The minimum Gasteiger partial charge on any atom is -0.372 e. The fourth-order valence-electron chi connectivity index (χ4n) is 4.77. The van der Waals surface area contributed by atoms with E-state index in [2.05, 4.69) is 29.0 Å². The number of amides is 1. The van der Waals surface area contributed by atoms with Crippen LogP contribution in [0.2, 0.25) is 0 Å². The zero-order valence-corrected chi connectivity index (χ0v) is 23.2. The second-order valence-corrected chi connectivity index (χ2v) is 12.1. The van der Waals surface area contributed by atoms with Gasteiger partial charge in [0, 0.05) is 36.5 Å². The number of morpholine rings is 1. The number of carbonyl (C=O) groups is 1. The van der Waals surface area contributed by atoms with Gasteiger partial charge in [-0.3, -0.25) is 9.78 Å². The van der Waals surface area contributed by atoms with Gasteiger partial charge in [-0.1, -0.05) is 6.07 Å². The molecule has 9 nitrogen and oxygen atoms in total. The summed E-state index contributed by atoms with van der Waals surface area (Å²) in [6.07, 6.45) is 3.12. The summed E-state index contributed by atoms with van der Waals surface area (Å²) in [6.45, 7) is 7.63. The molecule has 1 aliphatic heterocycles. The first-order chi connectivity index (χ1) is 18.5. The third-order valence-corrected chi connectivity index (χ3v) is 7.63. The molecule has 1 amide bonds. The minimum absolute atomic E-state index is 0.114. The van der Waals surface area contributed by atoms with Crippen LogP contribution in [0.5, 0.6) is 0 Å².